The summed E-state index contributed by atoms with van der Waals surface area (Å²) in [5.41, 5.74) is 3.49. The molecule has 1 amide bonds. The second-order valence-corrected chi connectivity index (χ2v) is 7.36. The highest BCUT2D eigenvalue weighted by molar-refractivity contribution is 6.07. The fourth-order valence-electron chi connectivity index (χ4n) is 4.18. The molecule has 0 saturated heterocycles. The van der Waals surface area contributed by atoms with Gasteiger partial charge >= 0.3 is 0 Å². The van der Waals surface area contributed by atoms with Gasteiger partial charge in [-0.3, -0.25) is 9.59 Å². The summed E-state index contributed by atoms with van der Waals surface area (Å²) < 4.78 is 1.84. The van der Waals surface area contributed by atoms with E-state index in [1.807, 2.05) is 65.2 Å². The van der Waals surface area contributed by atoms with E-state index in [0.29, 0.717) is 5.56 Å². The van der Waals surface area contributed by atoms with Crippen LogP contribution in [0, 0.1) is 0 Å². The van der Waals surface area contributed by atoms with E-state index in [9.17, 15) is 9.59 Å². The highest BCUT2D eigenvalue weighted by atomic mass is 16.1. The van der Waals surface area contributed by atoms with Gasteiger partial charge in [-0.05, 0) is 47.4 Å². The number of benzene rings is 3. The van der Waals surface area contributed by atoms with Crippen LogP contribution in [0.5, 0.6) is 0 Å². The van der Waals surface area contributed by atoms with Gasteiger partial charge in [0.05, 0.1) is 5.52 Å². The van der Waals surface area contributed by atoms with E-state index in [4.69, 9.17) is 0 Å². The summed E-state index contributed by atoms with van der Waals surface area (Å²) in [5.74, 6) is -0.256. The number of aryl methyl sites for hydroxylation is 2. The van der Waals surface area contributed by atoms with Crippen LogP contribution in [0.1, 0.15) is 17.5 Å². The van der Waals surface area contributed by atoms with Gasteiger partial charge in [-0.25, -0.2) is 0 Å². The zero-order valence-corrected chi connectivity index (χ0v) is 15.9. The third-order valence-electron chi connectivity index (χ3n) is 5.51. The molecule has 0 fully saturated rings. The summed E-state index contributed by atoms with van der Waals surface area (Å²) in [5, 5.41) is 6.02. The number of carbonyl (C=O) groups excluding carboxylic acids is 1. The lowest BCUT2D eigenvalue weighted by atomic mass is 10.00. The molecule has 0 aliphatic carbocycles. The first-order valence-electron chi connectivity index (χ1n) is 9.83. The predicted molar refractivity (Wildman–Crippen MR) is 118 cm³/mol. The van der Waals surface area contributed by atoms with E-state index in [0.717, 1.165) is 46.7 Å². The van der Waals surface area contributed by atoms with Gasteiger partial charge in [0.2, 0.25) is 5.91 Å². The van der Waals surface area contributed by atoms with Crippen LogP contribution in [0.4, 0.5) is 5.69 Å². The Labute approximate surface area is 168 Å². The van der Waals surface area contributed by atoms with Crippen LogP contribution in [0.15, 0.2) is 77.6 Å². The number of rotatable bonds is 3. The largest absolute Gasteiger partial charge is 0.322 e. The van der Waals surface area contributed by atoms with Crippen LogP contribution in [0.3, 0.4) is 0 Å². The van der Waals surface area contributed by atoms with Crippen molar-refractivity contribution in [1.82, 2.24) is 4.57 Å². The fraction of sp³-hybridized carbons (Fsp3) is 0.120. The van der Waals surface area contributed by atoms with Crippen LogP contribution in [0.2, 0.25) is 0 Å². The third-order valence-corrected chi connectivity index (χ3v) is 5.51. The van der Waals surface area contributed by atoms with Crippen LogP contribution in [0.25, 0.3) is 27.8 Å². The maximum absolute atomic E-state index is 12.9. The minimum absolute atomic E-state index is 0.0427. The van der Waals surface area contributed by atoms with E-state index in [1.54, 1.807) is 6.08 Å². The van der Waals surface area contributed by atoms with Crippen LogP contribution >= 0.6 is 0 Å². The smallest absolute Gasteiger partial charge is 0.258 e. The molecule has 1 aliphatic rings. The van der Waals surface area contributed by atoms with Crippen molar-refractivity contribution in [3.63, 3.8) is 0 Å². The monoisotopic (exact) mass is 380 g/mol. The molecule has 0 atom stereocenters. The minimum atomic E-state index is -0.256. The van der Waals surface area contributed by atoms with Gasteiger partial charge in [0.15, 0.2) is 0 Å². The van der Waals surface area contributed by atoms with E-state index in [-0.39, 0.29) is 11.5 Å². The summed E-state index contributed by atoms with van der Waals surface area (Å²) in [4.78, 5) is 25.4. The molecule has 0 saturated carbocycles. The lowest BCUT2D eigenvalue weighted by molar-refractivity contribution is -0.111. The molecular weight excluding hydrogens is 360 g/mol. The number of para-hydroxylation sites is 1. The van der Waals surface area contributed by atoms with Gasteiger partial charge in [0.1, 0.15) is 0 Å². The number of carbonyl (C=O) groups is 1. The molecule has 0 unspecified atom stereocenters. The Morgan fingerprint density at radius 2 is 1.76 bits per heavy atom. The number of aromatic nitrogens is 1. The fourth-order valence-corrected chi connectivity index (χ4v) is 4.18. The van der Waals surface area contributed by atoms with Gasteiger partial charge in [0.25, 0.3) is 5.56 Å². The highest BCUT2D eigenvalue weighted by Gasteiger charge is 2.15. The molecule has 29 heavy (non-hydrogen) atoms. The van der Waals surface area contributed by atoms with Crippen molar-refractivity contribution in [1.29, 1.82) is 0 Å². The summed E-state index contributed by atoms with van der Waals surface area (Å²) >= 11 is 0. The molecule has 5 rings (SSSR count). The molecule has 0 bridgehead atoms. The third kappa shape index (κ3) is 3.13. The van der Waals surface area contributed by atoms with Gasteiger partial charge in [-0.2, -0.15) is 0 Å². The molecule has 142 valence electrons. The Morgan fingerprint density at radius 1 is 0.966 bits per heavy atom. The van der Waals surface area contributed by atoms with Crippen molar-refractivity contribution in [3.8, 4) is 0 Å². The average molecular weight is 380 g/mol. The van der Waals surface area contributed by atoms with E-state index < -0.39 is 0 Å². The van der Waals surface area contributed by atoms with Crippen molar-refractivity contribution in [2.24, 2.45) is 0 Å². The molecule has 1 aliphatic heterocycles. The van der Waals surface area contributed by atoms with Crippen molar-refractivity contribution in [3.05, 3.63) is 94.3 Å². The first kappa shape index (κ1) is 17.4. The van der Waals surface area contributed by atoms with Gasteiger partial charge in [-0.15, -0.1) is 0 Å². The zero-order valence-electron chi connectivity index (χ0n) is 15.9. The lowest BCUT2D eigenvalue weighted by Crippen LogP contribution is -2.26. The standard InChI is InChI=1S/C25H20N2O2/c28-23(26-22-12-4-7-17-6-1-2-11-21(17)22)14-13-20-16-19-9-3-8-18-10-5-15-27(24(18)19)25(20)29/h1-4,6-9,11-14,16H,5,10,15H2,(H,26,28)/b14-13+. The molecule has 3 aromatic carbocycles. The number of amides is 1. The van der Waals surface area contributed by atoms with Crippen LogP contribution in [-0.4, -0.2) is 10.5 Å². The van der Waals surface area contributed by atoms with Crippen LogP contribution < -0.4 is 10.9 Å². The van der Waals surface area contributed by atoms with Gasteiger partial charge in [0, 0.05) is 29.3 Å². The Hall–Kier alpha value is -3.66. The van der Waals surface area contributed by atoms with Gasteiger partial charge in [-0.1, -0.05) is 54.6 Å². The van der Waals surface area contributed by atoms with Gasteiger partial charge < -0.3 is 9.88 Å². The Morgan fingerprint density at radius 3 is 2.69 bits per heavy atom. The summed E-state index contributed by atoms with van der Waals surface area (Å²) in [6, 6.07) is 21.7. The molecule has 0 spiro atoms. The molecule has 1 N–H and O–H groups in total. The quantitative estimate of drug-likeness (QED) is 0.521. The maximum Gasteiger partial charge on any atom is 0.258 e. The predicted octanol–water partition coefficient (Wildman–Crippen LogP) is 4.75. The Kier molecular flexibility index (Phi) is 4.24. The molecule has 4 heteroatoms. The van der Waals surface area contributed by atoms with Crippen LogP contribution in [-0.2, 0) is 17.8 Å². The summed E-state index contributed by atoms with van der Waals surface area (Å²) in [6.45, 7) is 0.718. The number of pyridine rings is 1. The Balaban J connectivity index is 1.47. The molecule has 4 aromatic rings. The summed E-state index contributed by atoms with van der Waals surface area (Å²) in [7, 11) is 0. The summed E-state index contributed by atoms with van der Waals surface area (Å²) in [6.07, 6.45) is 5.01. The Bertz CT molecular complexity index is 1340. The van der Waals surface area contributed by atoms with E-state index >= 15 is 0 Å². The molecule has 2 heterocycles. The number of hydrogen-bond acceptors (Lipinski definition) is 2. The van der Waals surface area contributed by atoms with E-state index in [2.05, 4.69) is 11.4 Å². The zero-order chi connectivity index (χ0) is 19.8. The molecule has 0 radical (unpaired) electrons. The van der Waals surface area contributed by atoms with E-state index in [1.165, 1.54) is 11.6 Å². The second kappa shape index (κ2) is 7.06. The SMILES string of the molecule is O=C(/C=C/c1cc2cccc3c2n(c1=O)CCC3)Nc1cccc2ccccc12. The maximum atomic E-state index is 12.9. The molecule has 1 aromatic heterocycles. The van der Waals surface area contributed by atoms with Crippen molar-refractivity contribution >= 4 is 39.3 Å². The topological polar surface area (TPSA) is 51.1 Å². The van der Waals surface area contributed by atoms with Crippen molar-refractivity contribution < 1.29 is 4.79 Å². The van der Waals surface area contributed by atoms with Crippen molar-refractivity contribution in [2.75, 3.05) is 5.32 Å². The molecule has 4 nitrogen and oxygen atoms in total. The first-order chi connectivity index (χ1) is 14.2. The number of anilines is 1. The first-order valence-corrected chi connectivity index (χ1v) is 9.83. The average Bonchev–Trinajstić information content (AvgIpc) is 2.75. The normalized spacial score (nSPS) is 13.2. The molecular formula is C25H20N2O2. The van der Waals surface area contributed by atoms with Crippen molar-refractivity contribution in [2.45, 2.75) is 19.4 Å². The number of fused-ring (bicyclic) bond motifs is 1. The minimum Gasteiger partial charge on any atom is -0.322 e. The number of nitrogens with zero attached hydrogens (tertiary/aromatic N) is 1. The lowest BCUT2D eigenvalue weighted by Gasteiger charge is -2.19. The highest BCUT2D eigenvalue weighted by Crippen LogP contribution is 2.25. The number of nitrogens with one attached hydrogen (secondary N) is 1. The number of hydrogen-bond donors (Lipinski definition) is 1. The second-order valence-electron chi connectivity index (χ2n) is 7.36.